The van der Waals surface area contributed by atoms with Gasteiger partial charge in [0, 0.05) is 36.9 Å². The van der Waals surface area contributed by atoms with Crippen LogP contribution in [0.4, 0.5) is 36.2 Å². The van der Waals surface area contributed by atoms with Crippen LogP contribution in [0, 0.1) is 0 Å². The first-order chi connectivity index (χ1) is 17.7. The number of carbonyl (C=O) groups is 2. The molecule has 0 saturated carbocycles. The summed E-state index contributed by atoms with van der Waals surface area (Å²) in [5.74, 6) is -0.191. The molecule has 0 aliphatic rings. The van der Waals surface area contributed by atoms with Gasteiger partial charge < -0.3 is 16.0 Å². The van der Waals surface area contributed by atoms with Crippen molar-refractivity contribution in [3.05, 3.63) is 101 Å². The second-order valence-corrected chi connectivity index (χ2v) is 7.71. The number of alkyl halides is 3. The molecule has 0 aliphatic carbocycles. The molecule has 1 amide bonds. The molecule has 12 heteroatoms. The summed E-state index contributed by atoms with van der Waals surface area (Å²) in [6, 6.07) is 12.6. The number of aldehydes is 1. The van der Waals surface area contributed by atoms with E-state index in [2.05, 4.69) is 30.9 Å². The van der Waals surface area contributed by atoms with Crippen molar-refractivity contribution in [2.24, 2.45) is 0 Å². The van der Waals surface area contributed by atoms with Crippen LogP contribution in [0.25, 0.3) is 0 Å². The van der Waals surface area contributed by atoms with Gasteiger partial charge in [-0.25, -0.2) is 9.97 Å². The summed E-state index contributed by atoms with van der Waals surface area (Å²) in [5, 5.41) is 8.81. The Morgan fingerprint density at radius 2 is 1.73 bits per heavy atom. The Morgan fingerprint density at radius 1 is 0.973 bits per heavy atom. The molecule has 0 bridgehead atoms. The number of rotatable bonds is 6. The van der Waals surface area contributed by atoms with Crippen molar-refractivity contribution in [2.45, 2.75) is 6.18 Å². The third-order valence-corrected chi connectivity index (χ3v) is 5.00. The minimum absolute atomic E-state index is 0.0733. The summed E-state index contributed by atoms with van der Waals surface area (Å²) in [5.41, 5.74) is 1.34. The van der Waals surface area contributed by atoms with Gasteiger partial charge in [0.1, 0.15) is 0 Å². The van der Waals surface area contributed by atoms with E-state index in [-0.39, 0.29) is 5.56 Å². The molecular formula is C25H20ClF3N6O2. The average molecular weight is 529 g/mol. The molecular weight excluding hydrogens is 509 g/mol. The average Bonchev–Trinajstić information content (AvgIpc) is 2.91. The maximum Gasteiger partial charge on any atom is 0.416 e. The maximum atomic E-state index is 12.6. The smallest absolute Gasteiger partial charge is 0.387 e. The van der Waals surface area contributed by atoms with Crippen molar-refractivity contribution < 1.29 is 22.8 Å². The molecule has 37 heavy (non-hydrogen) atoms. The highest BCUT2D eigenvalue weighted by molar-refractivity contribution is 6.33. The van der Waals surface area contributed by atoms with Crippen molar-refractivity contribution in [3.8, 4) is 0 Å². The lowest BCUT2D eigenvalue weighted by Crippen LogP contribution is -2.14. The molecule has 0 radical (unpaired) electrons. The predicted molar refractivity (Wildman–Crippen MR) is 135 cm³/mol. The van der Waals surface area contributed by atoms with Crippen molar-refractivity contribution in [1.29, 1.82) is 0 Å². The van der Waals surface area contributed by atoms with Crippen LogP contribution < -0.4 is 16.0 Å². The second kappa shape index (κ2) is 12.5. The number of benzene rings is 2. The first kappa shape index (κ1) is 27.1. The van der Waals surface area contributed by atoms with Crippen molar-refractivity contribution >= 4 is 46.8 Å². The lowest BCUT2D eigenvalue weighted by atomic mass is 10.1. The molecule has 0 atom stereocenters. The summed E-state index contributed by atoms with van der Waals surface area (Å²) in [7, 11) is 1.67. The van der Waals surface area contributed by atoms with Crippen LogP contribution in [0.2, 0.25) is 5.02 Å². The van der Waals surface area contributed by atoms with Crippen LogP contribution in [0.1, 0.15) is 26.3 Å². The molecule has 3 N–H and O–H groups in total. The molecule has 0 saturated heterocycles. The van der Waals surface area contributed by atoms with Gasteiger partial charge in [0.15, 0.2) is 6.29 Å². The van der Waals surface area contributed by atoms with E-state index in [1.165, 1.54) is 24.5 Å². The van der Waals surface area contributed by atoms with Crippen LogP contribution in [0.15, 0.2) is 79.4 Å². The number of aromatic nitrogens is 3. The van der Waals surface area contributed by atoms with E-state index in [9.17, 15) is 22.8 Å². The predicted octanol–water partition coefficient (Wildman–Crippen LogP) is 6.08. The fourth-order valence-corrected chi connectivity index (χ4v) is 3.08. The van der Waals surface area contributed by atoms with Gasteiger partial charge in [-0.05, 0) is 48.5 Å². The number of carbonyl (C=O) groups excluding carboxylic acids is 2. The molecule has 4 rings (SSSR count). The summed E-state index contributed by atoms with van der Waals surface area (Å²) < 4.78 is 37.9. The Labute approximate surface area is 214 Å². The van der Waals surface area contributed by atoms with E-state index >= 15 is 0 Å². The highest BCUT2D eigenvalue weighted by Gasteiger charge is 2.30. The van der Waals surface area contributed by atoms with Gasteiger partial charge in [0.05, 0.1) is 33.7 Å². The third kappa shape index (κ3) is 8.00. The topological polar surface area (TPSA) is 109 Å². The first-order valence-corrected chi connectivity index (χ1v) is 11.0. The number of pyridine rings is 1. The van der Waals surface area contributed by atoms with Gasteiger partial charge in [-0.2, -0.15) is 13.2 Å². The number of halogens is 4. The Kier molecular flexibility index (Phi) is 9.11. The van der Waals surface area contributed by atoms with Gasteiger partial charge in [0.2, 0.25) is 5.95 Å². The fourth-order valence-electron chi connectivity index (χ4n) is 2.86. The maximum absolute atomic E-state index is 12.6. The van der Waals surface area contributed by atoms with Crippen LogP contribution in [0.3, 0.4) is 0 Å². The van der Waals surface area contributed by atoms with Gasteiger partial charge in [-0.15, -0.1) is 0 Å². The van der Waals surface area contributed by atoms with Crippen LogP contribution in [0.5, 0.6) is 0 Å². The molecule has 0 aliphatic heterocycles. The molecule has 0 unspecified atom stereocenters. The number of amides is 1. The number of anilines is 4. The van der Waals surface area contributed by atoms with Gasteiger partial charge in [-0.3, -0.25) is 14.6 Å². The van der Waals surface area contributed by atoms with Crippen LogP contribution in [-0.2, 0) is 6.18 Å². The zero-order valence-electron chi connectivity index (χ0n) is 19.3. The first-order valence-electron chi connectivity index (χ1n) is 10.6. The lowest BCUT2D eigenvalue weighted by Gasteiger charge is -2.11. The van der Waals surface area contributed by atoms with Crippen LogP contribution in [-0.4, -0.2) is 34.2 Å². The second-order valence-electron chi connectivity index (χ2n) is 7.30. The molecule has 8 nitrogen and oxygen atoms in total. The van der Waals surface area contributed by atoms with Gasteiger partial charge in [0.25, 0.3) is 5.91 Å². The highest BCUT2D eigenvalue weighted by Crippen LogP contribution is 2.30. The Morgan fingerprint density at radius 3 is 2.35 bits per heavy atom. The third-order valence-electron chi connectivity index (χ3n) is 4.67. The number of hydrogen-bond donors (Lipinski definition) is 3. The number of nitrogens with zero attached hydrogens (tertiary/aromatic N) is 3. The fraction of sp³-hybridized carbons (Fsp3) is 0.0800. The number of hydrogen-bond acceptors (Lipinski definition) is 7. The molecule has 0 spiro atoms. The number of nitrogens with one attached hydrogen (secondary N) is 3. The normalized spacial score (nSPS) is 10.5. The summed E-state index contributed by atoms with van der Waals surface area (Å²) in [6.07, 6.45) is 2.47. The lowest BCUT2D eigenvalue weighted by molar-refractivity contribution is -0.137. The van der Waals surface area contributed by atoms with Crippen LogP contribution >= 0.6 is 11.6 Å². The molecule has 2 aromatic heterocycles. The minimum Gasteiger partial charge on any atom is -0.387 e. The van der Waals surface area contributed by atoms with E-state index in [1.54, 1.807) is 37.6 Å². The molecule has 0 fully saturated rings. The molecule has 4 aromatic rings. The Bertz CT molecular complexity index is 1350. The largest absolute Gasteiger partial charge is 0.416 e. The highest BCUT2D eigenvalue weighted by atomic mass is 35.5. The zero-order chi connectivity index (χ0) is 26.8. The summed E-state index contributed by atoms with van der Waals surface area (Å²) in [6.45, 7) is 0. The molecule has 2 heterocycles. The van der Waals surface area contributed by atoms with Crippen molar-refractivity contribution in [1.82, 2.24) is 15.0 Å². The quantitative estimate of drug-likeness (QED) is 0.260. The van der Waals surface area contributed by atoms with E-state index in [0.29, 0.717) is 34.2 Å². The van der Waals surface area contributed by atoms with Gasteiger partial charge in [-0.1, -0.05) is 17.7 Å². The molecule has 190 valence electrons. The van der Waals surface area contributed by atoms with Crippen molar-refractivity contribution in [3.63, 3.8) is 0 Å². The SMILES string of the molecule is CNc1cc(NC(=O)c2cccc(C(F)(F)F)c2)ccc1Cl.O=Cc1cnc(Nc2cccnc2)nc1. The van der Waals surface area contributed by atoms with E-state index < -0.39 is 17.6 Å². The molecule has 2 aromatic carbocycles. The van der Waals surface area contributed by atoms with E-state index in [4.69, 9.17) is 11.6 Å². The Balaban J connectivity index is 0.000000220. The van der Waals surface area contributed by atoms with E-state index in [0.717, 1.165) is 17.8 Å². The summed E-state index contributed by atoms with van der Waals surface area (Å²) >= 11 is 5.92. The van der Waals surface area contributed by atoms with E-state index in [1.807, 2.05) is 12.1 Å². The van der Waals surface area contributed by atoms with Gasteiger partial charge >= 0.3 is 6.18 Å². The standard InChI is InChI=1S/C15H12ClF3N2O.C10H8N4O/c1-20-13-8-11(5-6-12(13)16)21-14(22)9-3-2-4-10(7-9)15(17,18)19;15-7-8-4-12-10(13-5-8)14-9-2-1-3-11-6-9/h2-8,20H,1H3,(H,21,22);1-7H,(H,12,13,14). The van der Waals surface area contributed by atoms with Crippen molar-refractivity contribution in [2.75, 3.05) is 23.0 Å². The monoisotopic (exact) mass is 528 g/mol. The minimum atomic E-state index is -4.49. The Hall–Kier alpha value is -4.51. The zero-order valence-corrected chi connectivity index (χ0v) is 20.0. The summed E-state index contributed by atoms with van der Waals surface area (Å²) in [4.78, 5) is 34.3.